The maximum Gasteiger partial charge on any atom is 0.219 e. The Kier molecular flexibility index (Phi) is 6.07. The van der Waals surface area contributed by atoms with E-state index < -0.39 is 0 Å². The van der Waals surface area contributed by atoms with E-state index in [1.807, 2.05) is 29.2 Å². The summed E-state index contributed by atoms with van der Waals surface area (Å²) in [6.45, 7) is 8.20. The molecule has 1 saturated heterocycles. The Labute approximate surface area is 137 Å². The number of benzene rings is 1. The second kappa shape index (κ2) is 8.03. The number of carbonyl (C=O) groups excluding carboxylic acids is 1. The summed E-state index contributed by atoms with van der Waals surface area (Å²) in [6.07, 6.45) is 0. The Bertz CT molecular complexity index is 539. The third-order valence-corrected chi connectivity index (χ3v) is 3.89. The predicted molar refractivity (Wildman–Crippen MR) is 90.1 cm³/mol. The fraction of sp³-hybridized carbons (Fsp3) is 0.500. The van der Waals surface area contributed by atoms with Crippen LogP contribution in [0.25, 0.3) is 0 Å². The number of guanidine groups is 1. The van der Waals surface area contributed by atoms with Crippen LogP contribution in [0.4, 0.5) is 0 Å². The molecule has 1 N–H and O–H groups in total. The van der Waals surface area contributed by atoms with Crippen LogP contribution in [0.15, 0.2) is 29.3 Å². The number of nitrogens with one attached hydrogen (secondary N) is 1. The Morgan fingerprint density at radius 2 is 1.95 bits per heavy atom. The van der Waals surface area contributed by atoms with E-state index in [1.165, 1.54) is 0 Å². The second-order valence-electron chi connectivity index (χ2n) is 5.29. The molecule has 1 aromatic rings. The number of carbonyl (C=O) groups is 1. The Hall–Kier alpha value is -1.75. The molecular weight excluding hydrogens is 300 g/mol. The molecule has 0 spiro atoms. The SMILES string of the molecule is CCNC(=NCc1cccc(Cl)c1)N1CCN(C(C)=O)CC1. The molecule has 120 valence electrons. The highest BCUT2D eigenvalue weighted by molar-refractivity contribution is 6.30. The summed E-state index contributed by atoms with van der Waals surface area (Å²) in [7, 11) is 0. The van der Waals surface area contributed by atoms with Gasteiger partial charge in [0.2, 0.25) is 5.91 Å². The average molecular weight is 323 g/mol. The van der Waals surface area contributed by atoms with E-state index in [9.17, 15) is 4.79 Å². The molecule has 1 heterocycles. The number of nitrogens with zero attached hydrogens (tertiary/aromatic N) is 3. The molecule has 1 aliphatic heterocycles. The van der Waals surface area contributed by atoms with Crippen molar-refractivity contribution < 1.29 is 4.79 Å². The van der Waals surface area contributed by atoms with E-state index in [0.29, 0.717) is 6.54 Å². The maximum atomic E-state index is 11.4. The summed E-state index contributed by atoms with van der Waals surface area (Å²) in [4.78, 5) is 20.2. The molecular formula is C16H23ClN4O. The lowest BCUT2D eigenvalue weighted by molar-refractivity contribution is -0.130. The number of rotatable bonds is 3. The first kappa shape index (κ1) is 16.6. The summed E-state index contributed by atoms with van der Waals surface area (Å²) >= 11 is 6.00. The van der Waals surface area contributed by atoms with E-state index in [-0.39, 0.29) is 5.91 Å². The zero-order valence-electron chi connectivity index (χ0n) is 13.2. The molecule has 1 aliphatic rings. The monoisotopic (exact) mass is 322 g/mol. The molecule has 1 amide bonds. The molecule has 0 unspecified atom stereocenters. The zero-order chi connectivity index (χ0) is 15.9. The van der Waals surface area contributed by atoms with E-state index in [4.69, 9.17) is 11.6 Å². The number of halogens is 1. The topological polar surface area (TPSA) is 47.9 Å². The van der Waals surface area contributed by atoms with E-state index in [2.05, 4.69) is 22.1 Å². The standard InChI is InChI=1S/C16H23ClN4O/c1-3-18-16(19-12-14-5-4-6-15(17)11-14)21-9-7-20(8-10-21)13(2)22/h4-6,11H,3,7-10,12H2,1-2H3,(H,18,19). The molecule has 0 radical (unpaired) electrons. The van der Waals surface area contributed by atoms with Crippen LogP contribution in [0, 0.1) is 0 Å². The number of aliphatic imine (C=N–C) groups is 1. The first-order valence-electron chi connectivity index (χ1n) is 7.63. The van der Waals surface area contributed by atoms with Crippen molar-refractivity contribution in [1.82, 2.24) is 15.1 Å². The summed E-state index contributed by atoms with van der Waals surface area (Å²) < 4.78 is 0. The fourth-order valence-electron chi connectivity index (χ4n) is 2.46. The van der Waals surface area contributed by atoms with Crippen molar-refractivity contribution in [2.75, 3.05) is 32.7 Å². The van der Waals surface area contributed by atoms with Crippen molar-refractivity contribution in [1.29, 1.82) is 0 Å². The van der Waals surface area contributed by atoms with E-state index >= 15 is 0 Å². The largest absolute Gasteiger partial charge is 0.357 e. The molecule has 5 nitrogen and oxygen atoms in total. The van der Waals surface area contributed by atoms with Gasteiger partial charge in [0.15, 0.2) is 5.96 Å². The number of hydrogen-bond donors (Lipinski definition) is 1. The molecule has 0 aliphatic carbocycles. The Morgan fingerprint density at radius 1 is 1.27 bits per heavy atom. The van der Waals surface area contributed by atoms with Crippen molar-refractivity contribution in [3.05, 3.63) is 34.9 Å². The highest BCUT2D eigenvalue weighted by Crippen LogP contribution is 2.12. The van der Waals surface area contributed by atoms with Gasteiger partial charge in [0.1, 0.15) is 0 Å². The second-order valence-corrected chi connectivity index (χ2v) is 5.73. The zero-order valence-corrected chi connectivity index (χ0v) is 13.9. The Balaban J connectivity index is 2.00. The van der Waals surface area contributed by atoms with Crippen LogP contribution in [0.3, 0.4) is 0 Å². The minimum Gasteiger partial charge on any atom is -0.357 e. The van der Waals surface area contributed by atoms with Gasteiger partial charge in [-0.3, -0.25) is 4.79 Å². The fourth-order valence-corrected chi connectivity index (χ4v) is 2.67. The lowest BCUT2D eigenvalue weighted by atomic mass is 10.2. The molecule has 1 aromatic carbocycles. The van der Waals surface area contributed by atoms with Crippen molar-refractivity contribution in [2.24, 2.45) is 4.99 Å². The van der Waals surface area contributed by atoms with Gasteiger partial charge in [0.25, 0.3) is 0 Å². The van der Waals surface area contributed by atoms with Gasteiger partial charge in [0, 0.05) is 44.7 Å². The van der Waals surface area contributed by atoms with Crippen LogP contribution in [0.1, 0.15) is 19.4 Å². The molecule has 0 atom stereocenters. The first-order chi connectivity index (χ1) is 10.6. The van der Waals surface area contributed by atoms with Crippen LogP contribution in [0.2, 0.25) is 5.02 Å². The third kappa shape index (κ3) is 4.63. The van der Waals surface area contributed by atoms with Crippen LogP contribution in [-0.2, 0) is 11.3 Å². The molecule has 0 saturated carbocycles. The van der Waals surface area contributed by atoms with Gasteiger partial charge >= 0.3 is 0 Å². The summed E-state index contributed by atoms with van der Waals surface area (Å²) in [5.41, 5.74) is 1.09. The normalized spacial score (nSPS) is 15.9. The highest BCUT2D eigenvalue weighted by atomic mass is 35.5. The lowest BCUT2D eigenvalue weighted by Gasteiger charge is -2.36. The third-order valence-electron chi connectivity index (χ3n) is 3.66. The van der Waals surface area contributed by atoms with Gasteiger partial charge in [-0.25, -0.2) is 4.99 Å². The van der Waals surface area contributed by atoms with Gasteiger partial charge < -0.3 is 15.1 Å². The quantitative estimate of drug-likeness (QED) is 0.683. The van der Waals surface area contributed by atoms with Crippen LogP contribution < -0.4 is 5.32 Å². The molecule has 2 rings (SSSR count). The molecule has 0 aromatic heterocycles. The number of piperazine rings is 1. The van der Waals surface area contributed by atoms with Gasteiger partial charge in [-0.05, 0) is 24.6 Å². The summed E-state index contributed by atoms with van der Waals surface area (Å²) in [5, 5.41) is 4.05. The van der Waals surface area contributed by atoms with Gasteiger partial charge in [-0.15, -0.1) is 0 Å². The van der Waals surface area contributed by atoms with Gasteiger partial charge in [0.05, 0.1) is 6.54 Å². The van der Waals surface area contributed by atoms with Crippen LogP contribution >= 0.6 is 11.6 Å². The Morgan fingerprint density at radius 3 is 2.55 bits per heavy atom. The molecule has 6 heteroatoms. The smallest absolute Gasteiger partial charge is 0.219 e. The minimum absolute atomic E-state index is 0.139. The van der Waals surface area contributed by atoms with Crippen molar-refractivity contribution >= 4 is 23.5 Å². The van der Waals surface area contributed by atoms with Gasteiger partial charge in [-0.2, -0.15) is 0 Å². The number of amides is 1. The highest BCUT2D eigenvalue weighted by Gasteiger charge is 2.20. The predicted octanol–water partition coefficient (Wildman–Crippen LogP) is 1.97. The summed E-state index contributed by atoms with van der Waals surface area (Å²) in [6, 6.07) is 7.75. The minimum atomic E-state index is 0.139. The van der Waals surface area contributed by atoms with Crippen molar-refractivity contribution in [3.63, 3.8) is 0 Å². The van der Waals surface area contributed by atoms with Crippen LogP contribution in [0.5, 0.6) is 0 Å². The summed E-state index contributed by atoms with van der Waals surface area (Å²) in [5.74, 6) is 1.03. The van der Waals surface area contributed by atoms with Crippen molar-refractivity contribution in [3.8, 4) is 0 Å². The molecule has 1 fully saturated rings. The average Bonchev–Trinajstić information content (AvgIpc) is 2.51. The first-order valence-corrected chi connectivity index (χ1v) is 8.01. The number of hydrogen-bond acceptors (Lipinski definition) is 2. The van der Waals surface area contributed by atoms with E-state index in [0.717, 1.165) is 49.3 Å². The van der Waals surface area contributed by atoms with Gasteiger partial charge in [-0.1, -0.05) is 23.7 Å². The molecule has 0 bridgehead atoms. The van der Waals surface area contributed by atoms with Crippen LogP contribution in [-0.4, -0.2) is 54.4 Å². The van der Waals surface area contributed by atoms with Crippen molar-refractivity contribution in [2.45, 2.75) is 20.4 Å². The van der Waals surface area contributed by atoms with E-state index in [1.54, 1.807) is 6.92 Å². The molecule has 22 heavy (non-hydrogen) atoms. The maximum absolute atomic E-state index is 11.4. The lowest BCUT2D eigenvalue weighted by Crippen LogP contribution is -2.53.